The fourth-order valence-corrected chi connectivity index (χ4v) is 1.76. The molecule has 0 aromatic rings. The summed E-state index contributed by atoms with van der Waals surface area (Å²) in [6.07, 6.45) is 1.98. The quantitative estimate of drug-likeness (QED) is 0.761. The highest BCUT2D eigenvalue weighted by Crippen LogP contribution is 2.13. The number of aliphatic carboxylic acids is 1. The Balaban J connectivity index is 4.23. The predicted molar refractivity (Wildman–Crippen MR) is 70.4 cm³/mol. The number of thioether (sulfide) groups is 1. The van der Waals surface area contributed by atoms with Gasteiger partial charge in [0.15, 0.2) is 0 Å². The Morgan fingerprint density at radius 1 is 1.47 bits per heavy atom. The summed E-state index contributed by atoms with van der Waals surface area (Å²) in [5.74, 6) is -0.0655. The first-order chi connectivity index (χ1) is 7.72. The first kappa shape index (κ1) is 16.1. The highest BCUT2D eigenvalue weighted by atomic mass is 32.2. The molecule has 0 radical (unpaired) electrons. The number of carbonyl (C=O) groups is 2. The fourth-order valence-electron chi connectivity index (χ4n) is 1.05. The van der Waals surface area contributed by atoms with Crippen molar-refractivity contribution in [1.82, 2.24) is 10.2 Å². The summed E-state index contributed by atoms with van der Waals surface area (Å²) in [6.45, 7) is 5.25. The van der Waals surface area contributed by atoms with Crippen LogP contribution in [0.2, 0.25) is 0 Å². The van der Waals surface area contributed by atoms with Crippen molar-refractivity contribution in [2.24, 2.45) is 5.41 Å². The third-order valence-electron chi connectivity index (χ3n) is 2.65. The second-order valence-corrected chi connectivity index (χ2v) is 5.67. The van der Waals surface area contributed by atoms with Gasteiger partial charge < -0.3 is 15.3 Å². The van der Waals surface area contributed by atoms with Crippen LogP contribution in [0.5, 0.6) is 0 Å². The van der Waals surface area contributed by atoms with Crippen LogP contribution in [-0.4, -0.2) is 53.6 Å². The minimum absolute atomic E-state index is 0.123. The summed E-state index contributed by atoms with van der Waals surface area (Å²) < 4.78 is 0. The third-order valence-corrected chi connectivity index (χ3v) is 3.47. The van der Waals surface area contributed by atoms with Crippen molar-refractivity contribution in [2.75, 3.05) is 25.6 Å². The van der Waals surface area contributed by atoms with E-state index in [0.717, 1.165) is 5.75 Å². The standard InChI is InChI=1S/C11H22N2O3S/c1-8(6-17-5)13(4)10(16)12-7-11(2,3)9(14)15/h8H,6-7H2,1-5H3,(H,12,16)(H,14,15). The zero-order valence-corrected chi connectivity index (χ0v) is 11.9. The molecule has 0 aliphatic heterocycles. The first-order valence-corrected chi connectivity index (χ1v) is 6.84. The van der Waals surface area contributed by atoms with Crippen molar-refractivity contribution in [2.45, 2.75) is 26.8 Å². The van der Waals surface area contributed by atoms with E-state index in [0.29, 0.717) is 0 Å². The second-order valence-electron chi connectivity index (χ2n) is 4.76. The smallest absolute Gasteiger partial charge is 0.317 e. The number of rotatable bonds is 6. The van der Waals surface area contributed by atoms with Gasteiger partial charge in [-0.25, -0.2) is 4.79 Å². The molecule has 0 heterocycles. The number of nitrogens with one attached hydrogen (secondary N) is 1. The maximum absolute atomic E-state index is 11.7. The van der Waals surface area contributed by atoms with Crippen molar-refractivity contribution < 1.29 is 14.7 Å². The molecule has 0 bridgehead atoms. The molecular formula is C11H22N2O3S. The van der Waals surface area contributed by atoms with Gasteiger partial charge in [0.1, 0.15) is 0 Å². The molecule has 5 nitrogen and oxygen atoms in total. The summed E-state index contributed by atoms with van der Waals surface area (Å²) in [5, 5.41) is 11.6. The highest BCUT2D eigenvalue weighted by Gasteiger charge is 2.28. The molecule has 0 saturated heterocycles. The van der Waals surface area contributed by atoms with E-state index in [-0.39, 0.29) is 18.6 Å². The number of carboxylic acids is 1. The van der Waals surface area contributed by atoms with E-state index < -0.39 is 11.4 Å². The number of nitrogens with zero attached hydrogens (tertiary/aromatic N) is 1. The third kappa shape index (κ3) is 5.30. The van der Waals surface area contributed by atoms with Crippen LogP contribution in [-0.2, 0) is 4.79 Å². The summed E-state index contributed by atoms with van der Waals surface area (Å²) in [6, 6.07) is -0.112. The van der Waals surface area contributed by atoms with Crippen LogP contribution in [0.4, 0.5) is 4.79 Å². The maximum Gasteiger partial charge on any atom is 0.317 e. The Kier molecular flexibility index (Phi) is 6.37. The SMILES string of the molecule is CSCC(C)N(C)C(=O)NCC(C)(C)C(=O)O. The first-order valence-electron chi connectivity index (χ1n) is 5.45. The van der Waals surface area contributed by atoms with Gasteiger partial charge in [0.25, 0.3) is 0 Å². The number of hydrogen-bond donors (Lipinski definition) is 2. The number of carboxylic acid groups (broad SMARTS) is 1. The van der Waals surface area contributed by atoms with Crippen molar-refractivity contribution >= 4 is 23.8 Å². The molecule has 1 unspecified atom stereocenters. The van der Waals surface area contributed by atoms with E-state index in [2.05, 4.69) is 5.32 Å². The van der Waals surface area contributed by atoms with E-state index in [9.17, 15) is 9.59 Å². The van der Waals surface area contributed by atoms with Gasteiger partial charge in [-0.2, -0.15) is 11.8 Å². The summed E-state index contributed by atoms with van der Waals surface area (Å²) >= 11 is 1.67. The van der Waals surface area contributed by atoms with E-state index in [1.165, 1.54) is 0 Å². The molecule has 0 aliphatic rings. The van der Waals surface area contributed by atoms with E-state index in [4.69, 9.17) is 5.11 Å². The molecule has 17 heavy (non-hydrogen) atoms. The normalized spacial score (nSPS) is 13.0. The summed E-state index contributed by atoms with van der Waals surface area (Å²) in [4.78, 5) is 24.2. The van der Waals surface area contributed by atoms with Gasteiger partial charge in [-0.1, -0.05) is 0 Å². The van der Waals surface area contributed by atoms with Gasteiger partial charge in [-0.05, 0) is 27.0 Å². The van der Waals surface area contributed by atoms with Crippen LogP contribution < -0.4 is 5.32 Å². The topological polar surface area (TPSA) is 69.6 Å². The lowest BCUT2D eigenvalue weighted by Gasteiger charge is -2.27. The van der Waals surface area contributed by atoms with Crippen molar-refractivity contribution in [3.05, 3.63) is 0 Å². The predicted octanol–water partition coefficient (Wildman–Crippen LogP) is 1.49. The Hall–Kier alpha value is -0.910. The minimum Gasteiger partial charge on any atom is -0.481 e. The molecule has 0 saturated carbocycles. The van der Waals surface area contributed by atoms with Crippen LogP contribution in [0.15, 0.2) is 0 Å². The molecule has 0 aromatic carbocycles. The van der Waals surface area contributed by atoms with Crippen LogP contribution >= 0.6 is 11.8 Å². The van der Waals surface area contributed by atoms with Gasteiger partial charge in [0, 0.05) is 25.4 Å². The molecule has 1 atom stereocenters. The Bertz CT molecular complexity index is 282. The molecular weight excluding hydrogens is 240 g/mol. The van der Waals surface area contributed by atoms with Gasteiger partial charge in [-0.15, -0.1) is 0 Å². The zero-order chi connectivity index (χ0) is 13.6. The monoisotopic (exact) mass is 262 g/mol. The lowest BCUT2D eigenvalue weighted by Crippen LogP contribution is -2.47. The van der Waals surface area contributed by atoms with E-state index >= 15 is 0 Å². The molecule has 100 valence electrons. The molecule has 0 rings (SSSR count). The second kappa shape index (κ2) is 6.74. The minimum atomic E-state index is -0.945. The van der Waals surface area contributed by atoms with Gasteiger partial charge >= 0.3 is 12.0 Å². The van der Waals surface area contributed by atoms with Crippen molar-refractivity contribution in [3.63, 3.8) is 0 Å². The Morgan fingerprint density at radius 3 is 2.41 bits per heavy atom. The Morgan fingerprint density at radius 2 is 2.00 bits per heavy atom. The van der Waals surface area contributed by atoms with Crippen LogP contribution in [0.1, 0.15) is 20.8 Å². The average Bonchev–Trinajstić information content (AvgIpc) is 2.25. The largest absolute Gasteiger partial charge is 0.481 e. The van der Waals surface area contributed by atoms with Crippen molar-refractivity contribution in [3.8, 4) is 0 Å². The fraction of sp³-hybridized carbons (Fsp3) is 0.818. The van der Waals surface area contributed by atoms with Crippen LogP contribution in [0, 0.1) is 5.41 Å². The van der Waals surface area contributed by atoms with Crippen molar-refractivity contribution in [1.29, 1.82) is 0 Å². The summed E-state index contributed by atoms with van der Waals surface area (Å²) in [7, 11) is 1.71. The van der Waals surface area contributed by atoms with Gasteiger partial charge in [0.2, 0.25) is 0 Å². The summed E-state index contributed by atoms with van der Waals surface area (Å²) in [5.41, 5.74) is -0.945. The van der Waals surface area contributed by atoms with Gasteiger partial charge in [0.05, 0.1) is 5.41 Å². The molecule has 2 N–H and O–H groups in total. The van der Waals surface area contributed by atoms with Gasteiger partial charge in [-0.3, -0.25) is 4.79 Å². The lowest BCUT2D eigenvalue weighted by atomic mass is 9.94. The molecule has 6 heteroatoms. The number of amides is 2. The number of carbonyl (C=O) groups excluding carboxylic acids is 1. The average molecular weight is 262 g/mol. The number of urea groups is 1. The van der Waals surface area contributed by atoms with Crippen LogP contribution in [0.25, 0.3) is 0 Å². The molecule has 0 fully saturated rings. The molecule has 2 amide bonds. The molecule has 0 aromatic heterocycles. The van der Waals surface area contributed by atoms with E-state index in [1.807, 2.05) is 13.2 Å². The number of hydrogen-bond acceptors (Lipinski definition) is 3. The highest BCUT2D eigenvalue weighted by molar-refractivity contribution is 7.98. The zero-order valence-electron chi connectivity index (χ0n) is 11.1. The lowest BCUT2D eigenvalue weighted by molar-refractivity contribution is -0.146. The molecule has 0 aliphatic carbocycles. The Labute approximate surface area is 107 Å². The molecule has 0 spiro atoms. The maximum atomic E-state index is 11.7. The van der Waals surface area contributed by atoms with Crippen LogP contribution in [0.3, 0.4) is 0 Å². The van der Waals surface area contributed by atoms with E-state index in [1.54, 1.807) is 37.6 Å².